The van der Waals surface area contributed by atoms with Crippen LogP contribution in [-0.2, 0) is 0 Å². The van der Waals surface area contributed by atoms with Gasteiger partial charge in [0, 0.05) is 11.2 Å². The van der Waals surface area contributed by atoms with Crippen molar-refractivity contribution >= 4 is 5.69 Å². The summed E-state index contributed by atoms with van der Waals surface area (Å²) in [7, 11) is 0. The number of hydrogen-bond acceptors (Lipinski definition) is 2. The number of nitrogens with two attached hydrogens (primary N) is 1. The van der Waals surface area contributed by atoms with Crippen molar-refractivity contribution in [2.24, 2.45) is 5.73 Å². The summed E-state index contributed by atoms with van der Waals surface area (Å²) in [6, 6.07) is 8.32. The number of nitrogens with one attached hydrogen (secondary N) is 1. The molecule has 78 valence electrons. The standard InChI is InChI=1S/C12H20N2/c1-10-6-4-5-7-11(10)14-12(2,3)8-9-13/h4-7,14H,8-9,13H2,1-3H3. The zero-order valence-corrected chi connectivity index (χ0v) is 9.30. The lowest BCUT2D eigenvalue weighted by molar-refractivity contribution is 0.526. The van der Waals surface area contributed by atoms with Crippen LogP contribution in [-0.4, -0.2) is 12.1 Å². The molecule has 0 spiro atoms. The van der Waals surface area contributed by atoms with Gasteiger partial charge in [-0.05, 0) is 45.4 Å². The molecule has 2 heteroatoms. The van der Waals surface area contributed by atoms with E-state index >= 15 is 0 Å². The first kappa shape index (κ1) is 11.1. The number of aryl methyl sites for hydroxylation is 1. The van der Waals surface area contributed by atoms with Crippen molar-refractivity contribution in [1.29, 1.82) is 0 Å². The van der Waals surface area contributed by atoms with E-state index in [0.29, 0.717) is 6.54 Å². The molecule has 14 heavy (non-hydrogen) atoms. The molecule has 0 aliphatic heterocycles. The first-order valence-electron chi connectivity index (χ1n) is 5.09. The van der Waals surface area contributed by atoms with E-state index < -0.39 is 0 Å². The Morgan fingerprint density at radius 2 is 1.93 bits per heavy atom. The van der Waals surface area contributed by atoms with Crippen molar-refractivity contribution in [3.8, 4) is 0 Å². The topological polar surface area (TPSA) is 38.0 Å². The lowest BCUT2D eigenvalue weighted by Gasteiger charge is -2.27. The Balaban J connectivity index is 2.73. The van der Waals surface area contributed by atoms with E-state index in [1.807, 2.05) is 6.07 Å². The Hall–Kier alpha value is -1.02. The molecule has 0 heterocycles. The summed E-state index contributed by atoms with van der Waals surface area (Å²) in [5, 5.41) is 3.51. The van der Waals surface area contributed by atoms with Crippen LogP contribution in [0.25, 0.3) is 0 Å². The lowest BCUT2D eigenvalue weighted by atomic mass is 9.99. The number of rotatable bonds is 4. The van der Waals surface area contributed by atoms with Crippen molar-refractivity contribution in [2.45, 2.75) is 32.7 Å². The normalized spacial score (nSPS) is 11.4. The van der Waals surface area contributed by atoms with Gasteiger partial charge in [-0.25, -0.2) is 0 Å². The summed E-state index contributed by atoms with van der Waals surface area (Å²) in [5.41, 5.74) is 8.11. The highest BCUT2D eigenvalue weighted by atomic mass is 15.0. The fourth-order valence-corrected chi connectivity index (χ4v) is 1.50. The van der Waals surface area contributed by atoms with Crippen LogP contribution >= 0.6 is 0 Å². The van der Waals surface area contributed by atoms with Crippen LogP contribution in [0, 0.1) is 6.92 Å². The third-order valence-electron chi connectivity index (χ3n) is 2.39. The van der Waals surface area contributed by atoms with Gasteiger partial charge in [0.1, 0.15) is 0 Å². The summed E-state index contributed by atoms with van der Waals surface area (Å²) >= 11 is 0. The Morgan fingerprint density at radius 3 is 2.50 bits per heavy atom. The van der Waals surface area contributed by atoms with E-state index in [4.69, 9.17) is 5.73 Å². The van der Waals surface area contributed by atoms with Gasteiger partial charge in [0.05, 0.1) is 0 Å². The second kappa shape index (κ2) is 4.47. The van der Waals surface area contributed by atoms with Gasteiger partial charge in [-0.3, -0.25) is 0 Å². The molecule has 0 fully saturated rings. The van der Waals surface area contributed by atoms with Crippen molar-refractivity contribution in [3.63, 3.8) is 0 Å². The van der Waals surface area contributed by atoms with Crippen molar-refractivity contribution in [2.75, 3.05) is 11.9 Å². The summed E-state index contributed by atoms with van der Waals surface area (Å²) in [4.78, 5) is 0. The minimum absolute atomic E-state index is 0.0703. The van der Waals surface area contributed by atoms with E-state index in [0.717, 1.165) is 6.42 Å². The van der Waals surface area contributed by atoms with E-state index in [-0.39, 0.29) is 5.54 Å². The molecule has 2 nitrogen and oxygen atoms in total. The minimum atomic E-state index is 0.0703. The maximum absolute atomic E-state index is 5.57. The van der Waals surface area contributed by atoms with E-state index in [9.17, 15) is 0 Å². The predicted molar refractivity (Wildman–Crippen MR) is 62.6 cm³/mol. The van der Waals surface area contributed by atoms with Crippen molar-refractivity contribution in [1.82, 2.24) is 0 Å². The van der Waals surface area contributed by atoms with Gasteiger partial charge < -0.3 is 11.1 Å². The highest BCUT2D eigenvalue weighted by molar-refractivity contribution is 5.51. The molecule has 0 amide bonds. The maximum atomic E-state index is 5.57. The molecule has 3 N–H and O–H groups in total. The fraction of sp³-hybridized carbons (Fsp3) is 0.500. The highest BCUT2D eigenvalue weighted by Gasteiger charge is 2.16. The van der Waals surface area contributed by atoms with Gasteiger partial charge in [0.25, 0.3) is 0 Å². The van der Waals surface area contributed by atoms with Gasteiger partial charge in [0.15, 0.2) is 0 Å². The van der Waals surface area contributed by atoms with Crippen LogP contribution in [0.15, 0.2) is 24.3 Å². The monoisotopic (exact) mass is 192 g/mol. The molecule has 0 atom stereocenters. The molecule has 1 aromatic carbocycles. The number of benzene rings is 1. The summed E-state index contributed by atoms with van der Waals surface area (Å²) in [6.45, 7) is 7.17. The number of anilines is 1. The summed E-state index contributed by atoms with van der Waals surface area (Å²) in [6.07, 6.45) is 0.974. The zero-order valence-electron chi connectivity index (χ0n) is 9.30. The van der Waals surface area contributed by atoms with E-state index in [2.05, 4.69) is 44.3 Å². The Bertz CT molecular complexity index is 292. The average molecular weight is 192 g/mol. The van der Waals surface area contributed by atoms with Crippen LogP contribution < -0.4 is 11.1 Å². The van der Waals surface area contributed by atoms with Gasteiger partial charge in [-0.15, -0.1) is 0 Å². The molecule has 0 saturated heterocycles. The highest BCUT2D eigenvalue weighted by Crippen LogP contribution is 2.20. The summed E-state index contributed by atoms with van der Waals surface area (Å²) < 4.78 is 0. The van der Waals surface area contributed by atoms with Crippen LogP contribution in [0.2, 0.25) is 0 Å². The molecule has 0 aromatic heterocycles. The van der Waals surface area contributed by atoms with Gasteiger partial charge in [-0.2, -0.15) is 0 Å². The predicted octanol–water partition coefficient (Wildman–Crippen LogP) is 2.53. The number of hydrogen-bond donors (Lipinski definition) is 2. The second-order valence-corrected chi connectivity index (χ2v) is 4.36. The molecule has 0 bridgehead atoms. The molecular formula is C12H20N2. The Morgan fingerprint density at radius 1 is 1.29 bits per heavy atom. The quantitative estimate of drug-likeness (QED) is 0.769. The second-order valence-electron chi connectivity index (χ2n) is 4.36. The van der Waals surface area contributed by atoms with Crippen LogP contribution in [0.1, 0.15) is 25.8 Å². The molecule has 1 aromatic rings. The molecule has 1 rings (SSSR count). The Labute approximate surface area is 86.5 Å². The first-order chi connectivity index (χ1) is 6.55. The van der Waals surface area contributed by atoms with Crippen LogP contribution in [0.4, 0.5) is 5.69 Å². The Kier molecular flexibility index (Phi) is 3.53. The van der Waals surface area contributed by atoms with Crippen molar-refractivity contribution in [3.05, 3.63) is 29.8 Å². The molecular weight excluding hydrogens is 172 g/mol. The molecule has 0 radical (unpaired) electrons. The van der Waals surface area contributed by atoms with Gasteiger partial charge >= 0.3 is 0 Å². The van der Waals surface area contributed by atoms with Gasteiger partial charge in [0.2, 0.25) is 0 Å². The SMILES string of the molecule is Cc1ccccc1NC(C)(C)CCN. The maximum Gasteiger partial charge on any atom is 0.0373 e. The van der Waals surface area contributed by atoms with E-state index in [1.54, 1.807) is 0 Å². The molecule has 0 aliphatic rings. The third kappa shape index (κ3) is 3.04. The minimum Gasteiger partial charge on any atom is -0.380 e. The van der Waals surface area contributed by atoms with Crippen molar-refractivity contribution < 1.29 is 0 Å². The third-order valence-corrected chi connectivity index (χ3v) is 2.39. The van der Waals surface area contributed by atoms with E-state index in [1.165, 1.54) is 11.3 Å². The largest absolute Gasteiger partial charge is 0.380 e. The zero-order chi connectivity index (χ0) is 10.6. The van der Waals surface area contributed by atoms with Crippen LogP contribution in [0.3, 0.4) is 0 Å². The molecule has 0 saturated carbocycles. The molecule has 0 unspecified atom stereocenters. The first-order valence-corrected chi connectivity index (χ1v) is 5.09. The smallest absolute Gasteiger partial charge is 0.0373 e. The summed E-state index contributed by atoms with van der Waals surface area (Å²) in [5.74, 6) is 0. The van der Waals surface area contributed by atoms with Gasteiger partial charge in [-0.1, -0.05) is 18.2 Å². The molecule has 0 aliphatic carbocycles. The lowest BCUT2D eigenvalue weighted by Crippen LogP contribution is -2.33. The fourth-order valence-electron chi connectivity index (χ4n) is 1.50. The number of para-hydroxylation sites is 1. The average Bonchev–Trinajstić information content (AvgIpc) is 2.08. The van der Waals surface area contributed by atoms with Crippen LogP contribution in [0.5, 0.6) is 0 Å².